The van der Waals surface area contributed by atoms with E-state index in [-0.39, 0.29) is 56.0 Å². The number of rotatable bonds is 16. The highest BCUT2D eigenvalue weighted by Crippen LogP contribution is 2.26. The third-order valence-electron chi connectivity index (χ3n) is 10.9. The van der Waals surface area contributed by atoms with E-state index in [1.54, 1.807) is 26.0 Å². The van der Waals surface area contributed by atoms with Crippen molar-refractivity contribution in [2.75, 3.05) is 31.1 Å². The molecule has 2 heterocycles. The fourth-order valence-corrected chi connectivity index (χ4v) is 9.18. The minimum absolute atomic E-state index is 0.0220. The molecule has 1 aromatic rings. The van der Waals surface area contributed by atoms with Crippen LogP contribution in [0, 0.1) is 5.92 Å². The van der Waals surface area contributed by atoms with Gasteiger partial charge in [0.1, 0.15) is 48.0 Å². The Morgan fingerprint density at radius 3 is 2.14 bits per heavy atom. The van der Waals surface area contributed by atoms with Gasteiger partial charge in [0, 0.05) is 30.9 Å². The maximum absolute atomic E-state index is 14.4. The monoisotopic (exact) mass is 965 g/mol. The van der Waals surface area contributed by atoms with Crippen LogP contribution >= 0.6 is 21.6 Å². The van der Waals surface area contributed by atoms with Gasteiger partial charge in [-0.25, -0.2) is 0 Å². The largest absolute Gasteiger partial charge is 0.508 e. The van der Waals surface area contributed by atoms with E-state index in [2.05, 4.69) is 37.2 Å². The number of hydrogen-bond donors (Lipinski definition) is 12. The molecule has 0 bridgehead atoms. The second-order valence-corrected chi connectivity index (χ2v) is 18.7. The number of phenolic OH excluding ortho intramolecular Hbond substituents is 1. The van der Waals surface area contributed by atoms with E-state index in [1.165, 1.54) is 24.0 Å². The molecule has 1 aromatic carbocycles. The van der Waals surface area contributed by atoms with Gasteiger partial charge in [-0.05, 0) is 62.8 Å². The predicted octanol–water partition coefficient (Wildman–Crippen LogP) is -3.74. The number of hydrogen-bond acceptors (Lipinski definition) is 15. The molecule has 9 atom stereocenters. The number of aromatic hydroxyl groups is 1. The summed E-state index contributed by atoms with van der Waals surface area (Å²) in [6.07, 6.45) is -1.19. The Kier molecular flexibility index (Phi) is 22.4. The molecule has 2 saturated heterocycles. The van der Waals surface area contributed by atoms with Crippen LogP contribution in [0.25, 0.3) is 0 Å². The standard InChI is InChI=1S/C41H63N11O12S2/c1-4-21(2)33-39(62)51-34(22(3)53)40(63)48-27(18-30(43)55)36(59)49-28(20-66-65-16-13-32(57)46-26(37(60)50-33)17-23-9-11-24(54)12-10-23)41(64)52-15-6-8-29(52)38(61)47-25(7-5-14-42)35(58)45-19-31(44)56/h9-12,21-22,25-29,33-34,53-54H,4-8,13-20,42H2,1-3H3,(H2,43,55)(H2,44,56)(H,45,58)(H,46,57)(H,47,61)(H,48,63)(H,49,59)(H,50,60)(H,51,62)/t21-,22+,25-,26+,27-,28-,29-,33-,34-/m0/s1. The SMILES string of the molecule is CC[C@H](C)[C@@H]1NC(=O)[C@@H](Cc2ccc(O)cc2)NC(=O)CCSSC[C@@H](C(=O)N2CCC[C@H]2C(=O)N[C@@H](CCCN)C(=O)NCC(N)=O)NC(=O)[C@H](CC(N)=O)NC(=O)[C@H]([C@@H](C)O)NC1=O. The van der Waals surface area contributed by atoms with Crippen molar-refractivity contribution < 1.29 is 58.2 Å². The van der Waals surface area contributed by atoms with E-state index >= 15 is 0 Å². The number of nitrogens with zero attached hydrogens (tertiary/aromatic N) is 1. The Balaban J connectivity index is 1.99. The smallest absolute Gasteiger partial charge is 0.246 e. The average molecular weight is 966 g/mol. The molecule has 2 aliphatic rings. The molecule has 0 saturated carbocycles. The Bertz CT molecular complexity index is 1910. The van der Waals surface area contributed by atoms with Gasteiger partial charge in [-0.2, -0.15) is 0 Å². The Morgan fingerprint density at radius 1 is 0.864 bits per heavy atom. The zero-order chi connectivity index (χ0) is 49.1. The number of aliphatic hydroxyl groups is 1. The molecule has 2 aliphatic heterocycles. The molecule has 23 nitrogen and oxygen atoms in total. The maximum Gasteiger partial charge on any atom is 0.246 e. The molecule has 0 spiro atoms. The van der Waals surface area contributed by atoms with Gasteiger partial charge >= 0.3 is 0 Å². The summed E-state index contributed by atoms with van der Waals surface area (Å²) < 4.78 is 0. The molecule has 2 fully saturated rings. The van der Waals surface area contributed by atoms with Gasteiger partial charge in [0.05, 0.1) is 19.1 Å². The van der Waals surface area contributed by atoms with Gasteiger partial charge in [-0.1, -0.05) is 54.0 Å². The minimum Gasteiger partial charge on any atom is -0.508 e. The second-order valence-electron chi connectivity index (χ2n) is 16.1. The van der Waals surface area contributed by atoms with Crippen molar-refractivity contribution in [1.29, 1.82) is 0 Å². The number of benzene rings is 1. The first kappa shape index (κ1) is 54.7. The van der Waals surface area contributed by atoms with Crippen molar-refractivity contribution >= 4 is 80.7 Å². The van der Waals surface area contributed by atoms with Gasteiger partial charge < -0.3 is 69.5 Å². The molecular formula is C41H63N11O12S2. The van der Waals surface area contributed by atoms with E-state index < -0.39 is 126 Å². The van der Waals surface area contributed by atoms with Crippen LogP contribution in [0.5, 0.6) is 5.75 Å². The fraction of sp³-hybridized carbons (Fsp3) is 0.610. The van der Waals surface area contributed by atoms with E-state index in [9.17, 15) is 58.2 Å². The van der Waals surface area contributed by atoms with Gasteiger partial charge in [0.2, 0.25) is 59.1 Å². The summed E-state index contributed by atoms with van der Waals surface area (Å²) >= 11 is 0. The molecule has 0 aromatic heterocycles. The lowest BCUT2D eigenvalue weighted by Gasteiger charge is -2.31. The van der Waals surface area contributed by atoms with Crippen molar-refractivity contribution in [3.8, 4) is 5.75 Å². The summed E-state index contributed by atoms with van der Waals surface area (Å²) in [5.74, 6) is -8.87. The van der Waals surface area contributed by atoms with Gasteiger partial charge in [-0.3, -0.25) is 47.9 Å². The summed E-state index contributed by atoms with van der Waals surface area (Å²) in [4.78, 5) is 135. The third kappa shape index (κ3) is 17.3. The number of nitrogens with two attached hydrogens (primary N) is 3. The lowest BCUT2D eigenvalue weighted by molar-refractivity contribution is -0.142. The zero-order valence-electron chi connectivity index (χ0n) is 37.2. The van der Waals surface area contributed by atoms with Crippen LogP contribution in [0.1, 0.15) is 71.3 Å². The summed E-state index contributed by atoms with van der Waals surface area (Å²) in [6.45, 7) is 4.38. The molecule has 25 heteroatoms. The molecule has 366 valence electrons. The molecule has 0 unspecified atom stereocenters. The predicted molar refractivity (Wildman–Crippen MR) is 243 cm³/mol. The van der Waals surface area contributed by atoms with Crippen LogP contribution in [-0.4, -0.2) is 154 Å². The second kappa shape index (κ2) is 27.1. The van der Waals surface area contributed by atoms with Crippen LogP contribution in [0.3, 0.4) is 0 Å². The number of likely N-dealkylation sites (tertiary alicyclic amines) is 1. The summed E-state index contributed by atoms with van der Waals surface area (Å²) in [6, 6.07) is -3.68. The molecular weight excluding hydrogens is 903 g/mol. The number of primary amides is 2. The maximum atomic E-state index is 14.4. The lowest BCUT2D eigenvalue weighted by Crippen LogP contribution is -2.63. The van der Waals surface area contributed by atoms with Crippen LogP contribution in [-0.2, 0) is 54.4 Å². The first-order valence-corrected chi connectivity index (χ1v) is 24.1. The van der Waals surface area contributed by atoms with Crippen molar-refractivity contribution in [3.05, 3.63) is 29.8 Å². The summed E-state index contributed by atoms with van der Waals surface area (Å²) in [5, 5.41) is 38.2. The Morgan fingerprint density at radius 2 is 1.52 bits per heavy atom. The quantitative estimate of drug-likeness (QED) is 0.0709. The zero-order valence-corrected chi connectivity index (χ0v) is 38.8. The van der Waals surface area contributed by atoms with Crippen molar-refractivity contribution in [1.82, 2.24) is 42.1 Å². The van der Waals surface area contributed by atoms with Crippen LogP contribution in [0.15, 0.2) is 24.3 Å². The van der Waals surface area contributed by atoms with E-state index in [0.717, 1.165) is 21.6 Å². The average Bonchev–Trinajstić information content (AvgIpc) is 3.76. The normalized spacial score (nSPS) is 24.2. The van der Waals surface area contributed by atoms with Gasteiger partial charge in [-0.15, -0.1) is 0 Å². The van der Waals surface area contributed by atoms with E-state index in [0.29, 0.717) is 24.8 Å². The first-order chi connectivity index (χ1) is 31.2. The van der Waals surface area contributed by atoms with Gasteiger partial charge in [0.15, 0.2) is 0 Å². The highest BCUT2D eigenvalue weighted by molar-refractivity contribution is 8.76. The van der Waals surface area contributed by atoms with Crippen molar-refractivity contribution in [2.45, 2.75) is 121 Å². The number of phenols is 1. The lowest BCUT2D eigenvalue weighted by atomic mass is 9.96. The number of carbonyl (C=O) groups is 10. The van der Waals surface area contributed by atoms with E-state index in [4.69, 9.17) is 17.2 Å². The van der Waals surface area contributed by atoms with Gasteiger partial charge in [0.25, 0.3) is 0 Å². The minimum atomic E-state index is -1.75. The molecule has 15 N–H and O–H groups in total. The molecule has 0 radical (unpaired) electrons. The fourth-order valence-electron chi connectivity index (χ4n) is 7.04. The number of amides is 10. The highest BCUT2D eigenvalue weighted by atomic mass is 33.1. The van der Waals surface area contributed by atoms with E-state index in [1.807, 2.05) is 0 Å². The topological polar surface area (TPSA) is 377 Å². The third-order valence-corrected chi connectivity index (χ3v) is 13.3. The van der Waals surface area contributed by atoms with Crippen molar-refractivity contribution in [2.24, 2.45) is 23.1 Å². The van der Waals surface area contributed by atoms with Crippen LogP contribution in [0.4, 0.5) is 0 Å². The molecule has 10 amide bonds. The Hall–Kier alpha value is -5.66. The Labute approximate surface area is 390 Å². The molecule has 66 heavy (non-hydrogen) atoms. The van der Waals surface area contributed by atoms with Crippen LogP contribution < -0.4 is 54.4 Å². The first-order valence-electron chi connectivity index (χ1n) is 21.6. The molecule has 3 rings (SSSR count). The highest BCUT2D eigenvalue weighted by Gasteiger charge is 2.41. The number of nitrogens with one attached hydrogen (secondary N) is 7. The number of aliphatic hydroxyl groups excluding tert-OH is 1. The van der Waals surface area contributed by atoms with Crippen LogP contribution in [0.2, 0.25) is 0 Å². The summed E-state index contributed by atoms with van der Waals surface area (Å²) in [7, 11) is 2.23. The number of carbonyl (C=O) groups excluding carboxylic acids is 10. The van der Waals surface area contributed by atoms with Crippen molar-refractivity contribution in [3.63, 3.8) is 0 Å². The molecule has 0 aliphatic carbocycles. The summed E-state index contributed by atoms with van der Waals surface area (Å²) in [5.41, 5.74) is 16.8.